The van der Waals surface area contributed by atoms with Gasteiger partial charge in [-0.05, 0) is 36.4 Å². The SMILES string of the molecule is COc1ccc(OC)c(/C=C/C(=O)Nc2ccc(-c3cn4ccsc4n3)cc2)c1. The van der Waals surface area contributed by atoms with E-state index in [9.17, 15) is 4.79 Å². The molecule has 0 saturated heterocycles. The minimum absolute atomic E-state index is 0.231. The van der Waals surface area contributed by atoms with Gasteiger partial charge in [0.05, 0.1) is 19.9 Å². The van der Waals surface area contributed by atoms with E-state index in [1.165, 1.54) is 6.08 Å². The maximum atomic E-state index is 12.3. The van der Waals surface area contributed by atoms with Crippen molar-refractivity contribution in [2.75, 3.05) is 19.5 Å². The number of methoxy groups -OCH3 is 2. The molecule has 2 aromatic heterocycles. The van der Waals surface area contributed by atoms with Crippen LogP contribution in [0.4, 0.5) is 5.69 Å². The molecule has 6 nitrogen and oxygen atoms in total. The fourth-order valence-electron chi connectivity index (χ4n) is 2.91. The summed E-state index contributed by atoms with van der Waals surface area (Å²) in [6, 6.07) is 13.0. The fraction of sp³-hybridized carbons (Fsp3) is 0.0909. The lowest BCUT2D eigenvalue weighted by atomic mass is 10.1. The van der Waals surface area contributed by atoms with E-state index >= 15 is 0 Å². The number of benzene rings is 2. The van der Waals surface area contributed by atoms with E-state index in [-0.39, 0.29) is 5.91 Å². The zero-order valence-corrected chi connectivity index (χ0v) is 16.8. The van der Waals surface area contributed by atoms with Crippen molar-refractivity contribution in [1.29, 1.82) is 0 Å². The van der Waals surface area contributed by atoms with Crippen molar-refractivity contribution >= 4 is 34.0 Å². The summed E-state index contributed by atoms with van der Waals surface area (Å²) in [6.07, 6.45) is 7.13. The molecule has 1 N–H and O–H groups in total. The monoisotopic (exact) mass is 405 g/mol. The van der Waals surface area contributed by atoms with Crippen LogP contribution in [0.3, 0.4) is 0 Å². The zero-order valence-electron chi connectivity index (χ0n) is 16.0. The Kier molecular flexibility index (Phi) is 5.31. The molecule has 29 heavy (non-hydrogen) atoms. The molecule has 4 rings (SSSR count). The maximum Gasteiger partial charge on any atom is 0.248 e. The average Bonchev–Trinajstić information content (AvgIpc) is 3.35. The Bertz CT molecular complexity index is 1150. The van der Waals surface area contributed by atoms with Crippen LogP contribution in [0.15, 0.2) is 66.3 Å². The number of aromatic nitrogens is 2. The van der Waals surface area contributed by atoms with E-state index in [4.69, 9.17) is 9.47 Å². The van der Waals surface area contributed by atoms with E-state index in [0.717, 1.165) is 21.8 Å². The van der Waals surface area contributed by atoms with E-state index in [1.807, 2.05) is 58.6 Å². The van der Waals surface area contributed by atoms with Crippen molar-refractivity contribution in [3.05, 3.63) is 71.9 Å². The molecule has 0 aliphatic carbocycles. The van der Waals surface area contributed by atoms with E-state index < -0.39 is 0 Å². The molecule has 0 bridgehead atoms. The van der Waals surface area contributed by atoms with Crippen LogP contribution in [0.1, 0.15) is 5.56 Å². The van der Waals surface area contributed by atoms with Gasteiger partial charge in [0.15, 0.2) is 4.96 Å². The van der Waals surface area contributed by atoms with Crippen molar-refractivity contribution in [2.45, 2.75) is 0 Å². The van der Waals surface area contributed by atoms with Crippen molar-refractivity contribution < 1.29 is 14.3 Å². The molecule has 0 aliphatic rings. The number of fused-ring (bicyclic) bond motifs is 1. The Morgan fingerprint density at radius 2 is 1.97 bits per heavy atom. The highest BCUT2D eigenvalue weighted by Crippen LogP contribution is 2.25. The molecule has 0 fully saturated rings. The molecular formula is C22H19N3O3S. The Labute approximate surface area is 172 Å². The van der Waals surface area contributed by atoms with Gasteiger partial charge in [-0.25, -0.2) is 4.98 Å². The highest BCUT2D eigenvalue weighted by molar-refractivity contribution is 7.15. The predicted octanol–water partition coefficient (Wildman–Crippen LogP) is 4.73. The van der Waals surface area contributed by atoms with Crippen molar-refractivity contribution in [1.82, 2.24) is 9.38 Å². The molecule has 0 radical (unpaired) electrons. The van der Waals surface area contributed by atoms with Gasteiger partial charge in [-0.2, -0.15) is 0 Å². The van der Waals surface area contributed by atoms with Gasteiger partial charge in [-0.1, -0.05) is 12.1 Å². The zero-order chi connectivity index (χ0) is 20.2. The van der Waals surface area contributed by atoms with Gasteiger partial charge < -0.3 is 14.8 Å². The first-order valence-corrected chi connectivity index (χ1v) is 9.78. The molecule has 4 aromatic rings. The summed E-state index contributed by atoms with van der Waals surface area (Å²) >= 11 is 1.59. The summed E-state index contributed by atoms with van der Waals surface area (Å²) in [5.41, 5.74) is 3.37. The second-order valence-corrected chi connectivity index (χ2v) is 7.10. The van der Waals surface area contributed by atoms with Crippen LogP contribution in [-0.2, 0) is 4.79 Å². The van der Waals surface area contributed by atoms with Gasteiger partial charge in [-0.15, -0.1) is 11.3 Å². The van der Waals surface area contributed by atoms with Crippen LogP contribution in [0, 0.1) is 0 Å². The molecule has 0 spiro atoms. The number of nitrogens with one attached hydrogen (secondary N) is 1. The molecule has 0 atom stereocenters. The Hall–Kier alpha value is -3.58. The summed E-state index contributed by atoms with van der Waals surface area (Å²) in [4.78, 5) is 17.8. The lowest BCUT2D eigenvalue weighted by Crippen LogP contribution is -2.07. The standard InChI is InChI=1S/C22H19N3O3S/c1-27-18-8-9-20(28-2)16(13-18)5-10-21(26)23-17-6-3-15(4-7-17)19-14-25-11-12-29-22(25)24-19/h3-14H,1-2H3,(H,23,26)/b10-5+. The Morgan fingerprint density at radius 3 is 2.69 bits per heavy atom. The molecule has 0 aliphatic heterocycles. The van der Waals surface area contributed by atoms with Gasteiger partial charge in [0, 0.05) is 40.7 Å². The maximum absolute atomic E-state index is 12.3. The van der Waals surface area contributed by atoms with E-state index in [1.54, 1.807) is 37.7 Å². The fourth-order valence-corrected chi connectivity index (χ4v) is 3.61. The Balaban J connectivity index is 1.44. The minimum Gasteiger partial charge on any atom is -0.497 e. The van der Waals surface area contributed by atoms with Crippen molar-refractivity contribution in [3.63, 3.8) is 0 Å². The van der Waals surface area contributed by atoms with Gasteiger partial charge in [0.2, 0.25) is 5.91 Å². The first-order chi connectivity index (χ1) is 14.2. The lowest BCUT2D eigenvalue weighted by molar-refractivity contribution is -0.111. The number of carbonyl (C=O) groups is 1. The number of rotatable bonds is 6. The summed E-state index contributed by atoms with van der Waals surface area (Å²) in [5.74, 6) is 1.13. The second-order valence-electron chi connectivity index (χ2n) is 6.23. The normalized spacial score (nSPS) is 11.1. The molecule has 7 heteroatoms. The number of amides is 1. The number of hydrogen-bond acceptors (Lipinski definition) is 5. The summed E-state index contributed by atoms with van der Waals surface area (Å²) in [5, 5.41) is 4.86. The molecule has 146 valence electrons. The molecule has 1 amide bonds. The number of thiazole rings is 1. The van der Waals surface area contributed by atoms with Crippen molar-refractivity contribution in [3.8, 4) is 22.8 Å². The van der Waals surface area contributed by atoms with Crippen LogP contribution < -0.4 is 14.8 Å². The number of nitrogens with zero attached hydrogens (tertiary/aromatic N) is 2. The largest absolute Gasteiger partial charge is 0.497 e. The second kappa shape index (κ2) is 8.20. The van der Waals surface area contributed by atoms with Crippen LogP contribution in [0.2, 0.25) is 0 Å². The number of ether oxygens (including phenoxy) is 2. The van der Waals surface area contributed by atoms with E-state index in [2.05, 4.69) is 10.3 Å². The highest BCUT2D eigenvalue weighted by atomic mass is 32.1. The molecule has 0 saturated carbocycles. The van der Waals surface area contributed by atoms with Crippen LogP contribution >= 0.6 is 11.3 Å². The molecule has 2 heterocycles. The lowest BCUT2D eigenvalue weighted by Gasteiger charge is -2.07. The van der Waals surface area contributed by atoms with Gasteiger partial charge in [0.25, 0.3) is 0 Å². The number of hydrogen-bond donors (Lipinski definition) is 1. The van der Waals surface area contributed by atoms with Gasteiger partial charge in [-0.3, -0.25) is 9.20 Å². The third-order valence-electron chi connectivity index (χ3n) is 4.39. The van der Waals surface area contributed by atoms with Gasteiger partial charge >= 0.3 is 0 Å². The highest BCUT2D eigenvalue weighted by Gasteiger charge is 2.06. The van der Waals surface area contributed by atoms with Gasteiger partial charge in [0.1, 0.15) is 11.5 Å². The molecule has 2 aromatic carbocycles. The third-order valence-corrected chi connectivity index (χ3v) is 5.16. The topological polar surface area (TPSA) is 64.9 Å². The number of carbonyl (C=O) groups excluding carboxylic acids is 1. The van der Waals surface area contributed by atoms with Crippen LogP contribution in [0.5, 0.6) is 11.5 Å². The smallest absolute Gasteiger partial charge is 0.248 e. The average molecular weight is 405 g/mol. The molecular weight excluding hydrogens is 386 g/mol. The predicted molar refractivity (Wildman–Crippen MR) is 116 cm³/mol. The van der Waals surface area contributed by atoms with Crippen LogP contribution in [0.25, 0.3) is 22.3 Å². The molecule has 0 unspecified atom stereocenters. The minimum atomic E-state index is -0.231. The summed E-state index contributed by atoms with van der Waals surface area (Å²) < 4.78 is 12.5. The first kappa shape index (κ1) is 18.8. The van der Waals surface area contributed by atoms with Crippen LogP contribution in [-0.4, -0.2) is 29.5 Å². The quantitative estimate of drug-likeness (QED) is 0.471. The first-order valence-electron chi connectivity index (χ1n) is 8.90. The van der Waals surface area contributed by atoms with Crippen molar-refractivity contribution in [2.24, 2.45) is 0 Å². The number of imidazole rings is 1. The van der Waals surface area contributed by atoms with E-state index in [0.29, 0.717) is 17.2 Å². The summed E-state index contributed by atoms with van der Waals surface area (Å²) in [7, 11) is 3.18. The summed E-state index contributed by atoms with van der Waals surface area (Å²) in [6.45, 7) is 0. The Morgan fingerprint density at radius 1 is 1.14 bits per heavy atom. The number of anilines is 1. The third kappa shape index (κ3) is 4.14.